The Labute approximate surface area is 194 Å². The maximum atomic E-state index is 13.7. The number of anilines is 1. The van der Waals surface area contributed by atoms with Gasteiger partial charge in [0.2, 0.25) is 0 Å². The van der Waals surface area contributed by atoms with Crippen molar-refractivity contribution < 1.29 is 14.3 Å². The van der Waals surface area contributed by atoms with Gasteiger partial charge in [0.1, 0.15) is 11.4 Å². The summed E-state index contributed by atoms with van der Waals surface area (Å²) in [5, 5.41) is 0.568. The van der Waals surface area contributed by atoms with Crippen LogP contribution in [0.4, 0.5) is 5.69 Å². The first kappa shape index (κ1) is 22.4. The second-order valence-electron chi connectivity index (χ2n) is 8.58. The van der Waals surface area contributed by atoms with Gasteiger partial charge >= 0.3 is 0 Å². The molecule has 2 aromatic carbocycles. The Kier molecular flexibility index (Phi) is 6.26. The van der Waals surface area contributed by atoms with Crippen LogP contribution in [0.15, 0.2) is 48.2 Å². The number of carbonyl (C=O) groups excluding carboxylic acids is 2. The predicted octanol–water partition coefficient (Wildman–Crippen LogP) is 3.97. The van der Waals surface area contributed by atoms with Crippen LogP contribution in [0.1, 0.15) is 25.0 Å². The maximum absolute atomic E-state index is 13.7. The molecule has 1 fully saturated rings. The van der Waals surface area contributed by atoms with Crippen LogP contribution in [0.5, 0.6) is 5.75 Å². The molecule has 0 saturated carbocycles. The zero-order chi connectivity index (χ0) is 23.0. The van der Waals surface area contributed by atoms with E-state index in [0.717, 1.165) is 24.4 Å². The molecule has 2 aromatic rings. The van der Waals surface area contributed by atoms with Gasteiger partial charge in [-0.1, -0.05) is 23.7 Å². The quantitative estimate of drug-likeness (QED) is 0.641. The van der Waals surface area contributed by atoms with E-state index < -0.39 is 0 Å². The van der Waals surface area contributed by atoms with Crippen molar-refractivity contribution in [2.24, 2.45) is 0 Å². The lowest BCUT2D eigenvalue weighted by Crippen LogP contribution is -2.46. The van der Waals surface area contributed by atoms with Gasteiger partial charge < -0.3 is 14.5 Å². The fourth-order valence-electron chi connectivity index (χ4n) is 4.16. The monoisotopic (exact) mass is 453 g/mol. The molecule has 0 aliphatic carbocycles. The molecule has 2 heterocycles. The normalized spacial score (nSPS) is 17.7. The van der Waals surface area contributed by atoms with Crippen molar-refractivity contribution in [3.63, 3.8) is 0 Å². The minimum atomic E-state index is -0.313. The third kappa shape index (κ3) is 4.25. The van der Waals surface area contributed by atoms with E-state index in [1.807, 2.05) is 49.9 Å². The van der Waals surface area contributed by atoms with Crippen LogP contribution in [0, 0.1) is 6.92 Å². The van der Waals surface area contributed by atoms with Gasteiger partial charge in [0.25, 0.3) is 11.8 Å². The molecule has 0 atom stereocenters. The van der Waals surface area contributed by atoms with Crippen molar-refractivity contribution in [1.82, 2.24) is 9.80 Å². The molecule has 0 radical (unpaired) electrons. The summed E-state index contributed by atoms with van der Waals surface area (Å²) in [5.41, 5.74) is 2.95. The van der Waals surface area contributed by atoms with E-state index in [-0.39, 0.29) is 17.9 Å². The first-order chi connectivity index (χ1) is 15.3. The van der Waals surface area contributed by atoms with Crippen molar-refractivity contribution in [3.05, 3.63) is 64.3 Å². The summed E-state index contributed by atoms with van der Waals surface area (Å²) in [4.78, 5) is 32.9. The topological polar surface area (TPSA) is 53.1 Å². The number of imide groups is 1. The Morgan fingerprint density at radius 1 is 0.938 bits per heavy atom. The minimum Gasteiger partial charge on any atom is -0.491 e. The van der Waals surface area contributed by atoms with Crippen LogP contribution < -0.4 is 9.64 Å². The van der Waals surface area contributed by atoms with E-state index >= 15 is 0 Å². The average Bonchev–Trinajstić information content (AvgIpc) is 2.99. The van der Waals surface area contributed by atoms with Crippen molar-refractivity contribution in [1.29, 1.82) is 0 Å². The largest absolute Gasteiger partial charge is 0.491 e. The Morgan fingerprint density at radius 2 is 1.59 bits per heavy atom. The van der Waals surface area contributed by atoms with Gasteiger partial charge in [0, 0.05) is 31.2 Å². The number of benzene rings is 2. The molecule has 0 bridgehead atoms. The number of hydrogen-bond acceptors (Lipinski definition) is 5. The standard InChI is InChI=1S/C25H28ClN3O3/c1-16(2)32-20-8-5-18(6-9-20)22-23(28-13-11-27(4)12-14-28)25(31)29(24(22)30)21-10-7-19(26)15-17(21)3/h5-10,15-16H,11-14H2,1-4H3. The van der Waals surface area contributed by atoms with Gasteiger partial charge in [-0.05, 0) is 69.3 Å². The number of piperazine rings is 1. The molecule has 0 N–H and O–H groups in total. The Bertz CT molecular complexity index is 1070. The Morgan fingerprint density at radius 3 is 2.19 bits per heavy atom. The number of rotatable bonds is 5. The van der Waals surface area contributed by atoms with E-state index in [1.54, 1.807) is 18.2 Å². The summed E-state index contributed by atoms with van der Waals surface area (Å²) in [6.07, 6.45) is 0.0547. The van der Waals surface area contributed by atoms with E-state index in [0.29, 0.717) is 40.6 Å². The highest BCUT2D eigenvalue weighted by Crippen LogP contribution is 2.37. The van der Waals surface area contributed by atoms with Crippen molar-refractivity contribution in [2.75, 3.05) is 38.1 Å². The lowest BCUT2D eigenvalue weighted by molar-refractivity contribution is -0.120. The highest BCUT2D eigenvalue weighted by Gasteiger charge is 2.43. The highest BCUT2D eigenvalue weighted by molar-refractivity contribution is 6.45. The number of halogens is 1. The van der Waals surface area contributed by atoms with E-state index in [1.165, 1.54) is 4.90 Å². The summed E-state index contributed by atoms with van der Waals surface area (Å²) >= 11 is 6.11. The number of carbonyl (C=O) groups is 2. The second kappa shape index (κ2) is 8.96. The minimum absolute atomic E-state index is 0.0547. The summed E-state index contributed by atoms with van der Waals surface area (Å²) < 4.78 is 5.75. The van der Waals surface area contributed by atoms with Crippen LogP contribution in [0.25, 0.3) is 5.57 Å². The zero-order valence-electron chi connectivity index (χ0n) is 18.9. The highest BCUT2D eigenvalue weighted by atomic mass is 35.5. The van der Waals surface area contributed by atoms with E-state index in [9.17, 15) is 9.59 Å². The fourth-order valence-corrected chi connectivity index (χ4v) is 4.39. The molecule has 2 aliphatic rings. The van der Waals surface area contributed by atoms with Crippen LogP contribution in [0.3, 0.4) is 0 Å². The summed E-state index contributed by atoms with van der Waals surface area (Å²) in [6.45, 7) is 8.83. The Balaban J connectivity index is 1.78. The van der Waals surface area contributed by atoms with Gasteiger partial charge in [-0.2, -0.15) is 0 Å². The molecule has 4 rings (SSSR count). The maximum Gasteiger partial charge on any atom is 0.282 e. The summed E-state index contributed by atoms with van der Waals surface area (Å²) in [5.74, 6) is 0.127. The van der Waals surface area contributed by atoms with Gasteiger partial charge in [-0.25, -0.2) is 4.90 Å². The summed E-state index contributed by atoms with van der Waals surface area (Å²) in [7, 11) is 2.06. The molecule has 6 nitrogen and oxygen atoms in total. The fraction of sp³-hybridized carbons (Fsp3) is 0.360. The first-order valence-corrected chi connectivity index (χ1v) is 11.2. The van der Waals surface area contributed by atoms with E-state index in [2.05, 4.69) is 11.9 Å². The van der Waals surface area contributed by atoms with Crippen LogP contribution in [0.2, 0.25) is 5.02 Å². The van der Waals surface area contributed by atoms with Crippen molar-refractivity contribution in [2.45, 2.75) is 26.9 Å². The zero-order valence-corrected chi connectivity index (χ0v) is 19.6. The number of aryl methyl sites for hydroxylation is 1. The molecule has 32 heavy (non-hydrogen) atoms. The number of amides is 2. The molecule has 1 saturated heterocycles. The smallest absolute Gasteiger partial charge is 0.282 e. The average molecular weight is 454 g/mol. The molecule has 2 aliphatic heterocycles. The Hall–Kier alpha value is -2.83. The third-order valence-electron chi connectivity index (χ3n) is 5.79. The molecular formula is C25H28ClN3O3. The number of likely N-dealkylation sites (N-methyl/N-ethyl adjacent to an activating group) is 1. The van der Waals surface area contributed by atoms with Gasteiger partial charge in [0.05, 0.1) is 17.4 Å². The molecule has 7 heteroatoms. The molecule has 2 amide bonds. The molecular weight excluding hydrogens is 426 g/mol. The van der Waals surface area contributed by atoms with Gasteiger partial charge in [-0.3, -0.25) is 9.59 Å². The number of nitrogens with zero attached hydrogens (tertiary/aromatic N) is 3. The lowest BCUT2D eigenvalue weighted by atomic mass is 10.0. The van der Waals surface area contributed by atoms with Crippen molar-refractivity contribution >= 4 is 34.7 Å². The number of ether oxygens (including phenoxy) is 1. The second-order valence-corrected chi connectivity index (χ2v) is 9.02. The molecule has 0 aromatic heterocycles. The van der Waals surface area contributed by atoms with Crippen LogP contribution in [-0.4, -0.2) is 60.9 Å². The SMILES string of the molecule is Cc1cc(Cl)ccc1N1C(=O)C(c2ccc(OC(C)C)cc2)=C(N2CCN(C)CC2)C1=O. The molecule has 0 unspecified atom stereocenters. The molecule has 0 spiro atoms. The van der Waals surface area contributed by atoms with Crippen molar-refractivity contribution in [3.8, 4) is 5.75 Å². The van der Waals surface area contributed by atoms with Gasteiger partial charge in [0.15, 0.2) is 0 Å². The predicted molar refractivity (Wildman–Crippen MR) is 127 cm³/mol. The molecule has 168 valence electrons. The number of hydrogen-bond donors (Lipinski definition) is 0. The van der Waals surface area contributed by atoms with Gasteiger partial charge in [-0.15, -0.1) is 0 Å². The van der Waals surface area contributed by atoms with Crippen LogP contribution >= 0.6 is 11.6 Å². The lowest BCUT2D eigenvalue weighted by Gasteiger charge is -2.34. The van der Waals surface area contributed by atoms with Crippen LogP contribution in [-0.2, 0) is 9.59 Å². The first-order valence-electron chi connectivity index (χ1n) is 10.9. The van der Waals surface area contributed by atoms with E-state index in [4.69, 9.17) is 16.3 Å². The third-order valence-corrected chi connectivity index (χ3v) is 6.03. The summed E-state index contributed by atoms with van der Waals surface area (Å²) in [6, 6.07) is 12.6.